The molecule has 1 aliphatic carbocycles. The Kier molecular flexibility index (Phi) is 3.99. The number of nitrogens with one attached hydrogen (secondary N) is 1. The Morgan fingerprint density at radius 2 is 2.25 bits per heavy atom. The quantitative estimate of drug-likeness (QED) is 0.826. The highest BCUT2D eigenvalue weighted by Gasteiger charge is 2.24. The molecule has 1 fully saturated rings. The van der Waals surface area contributed by atoms with Gasteiger partial charge < -0.3 is 9.88 Å². The monoisotopic (exact) mass is 221 g/mol. The highest BCUT2D eigenvalue weighted by Crippen LogP contribution is 2.28. The Morgan fingerprint density at radius 1 is 1.50 bits per heavy atom. The van der Waals surface area contributed by atoms with Gasteiger partial charge in [-0.2, -0.15) is 0 Å². The van der Waals surface area contributed by atoms with E-state index in [9.17, 15) is 0 Å². The second-order valence-corrected chi connectivity index (χ2v) is 4.77. The van der Waals surface area contributed by atoms with E-state index < -0.39 is 0 Å². The molecule has 0 saturated heterocycles. The van der Waals surface area contributed by atoms with E-state index in [1.807, 2.05) is 6.20 Å². The predicted octanol–water partition coefficient (Wildman–Crippen LogP) is 2.22. The minimum atomic E-state index is 0.607. The summed E-state index contributed by atoms with van der Waals surface area (Å²) in [6, 6.07) is 0.607. The Bertz CT molecular complexity index is 313. The molecule has 1 N–H and O–H groups in total. The van der Waals surface area contributed by atoms with Crippen molar-refractivity contribution in [2.45, 2.75) is 51.6 Å². The molecule has 0 aromatic carbocycles. The van der Waals surface area contributed by atoms with Crippen LogP contribution >= 0.6 is 0 Å². The summed E-state index contributed by atoms with van der Waals surface area (Å²) in [5, 5.41) is 3.48. The van der Waals surface area contributed by atoms with E-state index in [0.29, 0.717) is 6.04 Å². The SMILES string of the molecule is CCn1ccnc1CC(NC)C1CCCC1. The van der Waals surface area contributed by atoms with Gasteiger partial charge in [-0.1, -0.05) is 12.8 Å². The lowest BCUT2D eigenvalue weighted by molar-refractivity contribution is 0.368. The van der Waals surface area contributed by atoms with Gasteiger partial charge in [0.15, 0.2) is 0 Å². The van der Waals surface area contributed by atoms with Crippen molar-refractivity contribution in [3.05, 3.63) is 18.2 Å². The van der Waals surface area contributed by atoms with Crippen LogP contribution in [0.15, 0.2) is 12.4 Å². The number of aryl methyl sites for hydroxylation is 1. The molecule has 0 bridgehead atoms. The molecule has 1 aromatic rings. The van der Waals surface area contributed by atoms with Crippen LogP contribution in [-0.4, -0.2) is 22.6 Å². The molecular formula is C13H23N3. The van der Waals surface area contributed by atoms with Crippen LogP contribution in [0.5, 0.6) is 0 Å². The molecule has 1 unspecified atom stereocenters. The maximum Gasteiger partial charge on any atom is 0.110 e. The maximum atomic E-state index is 4.47. The van der Waals surface area contributed by atoms with Crippen molar-refractivity contribution in [1.82, 2.24) is 14.9 Å². The molecule has 1 aromatic heterocycles. The molecule has 0 aliphatic heterocycles. The summed E-state index contributed by atoms with van der Waals surface area (Å²) in [7, 11) is 2.09. The van der Waals surface area contributed by atoms with Crippen molar-refractivity contribution >= 4 is 0 Å². The topological polar surface area (TPSA) is 29.9 Å². The second kappa shape index (κ2) is 5.48. The van der Waals surface area contributed by atoms with Gasteiger partial charge in [-0.15, -0.1) is 0 Å². The van der Waals surface area contributed by atoms with E-state index in [-0.39, 0.29) is 0 Å². The molecule has 1 saturated carbocycles. The van der Waals surface area contributed by atoms with E-state index in [1.54, 1.807) is 0 Å². The van der Waals surface area contributed by atoms with Crippen LogP contribution in [0.2, 0.25) is 0 Å². The second-order valence-electron chi connectivity index (χ2n) is 4.77. The first kappa shape index (κ1) is 11.6. The van der Waals surface area contributed by atoms with Crippen LogP contribution in [0, 0.1) is 5.92 Å². The molecule has 1 aliphatic rings. The first-order valence-electron chi connectivity index (χ1n) is 6.52. The highest BCUT2D eigenvalue weighted by atomic mass is 15.1. The van der Waals surface area contributed by atoms with Gasteiger partial charge in [-0.05, 0) is 32.7 Å². The predicted molar refractivity (Wildman–Crippen MR) is 66.4 cm³/mol. The number of imidazole rings is 1. The number of likely N-dealkylation sites (N-methyl/N-ethyl adjacent to an activating group) is 1. The van der Waals surface area contributed by atoms with E-state index in [4.69, 9.17) is 0 Å². The number of hydrogen-bond donors (Lipinski definition) is 1. The van der Waals surface area contributed by atoms with Crippen molar-refractivity contribution in [2.24, 2.45) is 5.92 Å². The number of hydrogen-bond acceptors (Lipinski definition) is 2. The average molecular weight is 221 g/mol. The molecule has 3 heteroatoms. The average Bonchev–Trinajstić information content (AvgIpc) is 2.96. The van der Waals surface area contributed by atoms with Gasteiger partial charge in [0.1, 0.15) is 5.82 Å². The maximum absolute atomic E-state index is 4.47. The highest BCUT2D eigenvalue weighted by molar-refractivity contribution is 4.97. The van der Waals surface area contributed by atoms with Gasteiger partial charge in [-0.3, -0.25) is 0 Å². The fourth-order valence-corrected chi connectivity index (χ4v) is 2.88. The first-order valence-corrected chi connectivity index (χ1v) is 6.52. The molecule has 2 rings (SSSR count). The van der Waals surface area contributed by atoms with E-state index in [0.717, 1.165) is 18.9 Å². The minimum absolute atomic E-state index is 0.607. The van der Waals surface area contributed by atoms with E-state index in [2.05, 4.69) is 35.0 Å². The molecule has 0 spiro atoms. The van der Waals surface area contributed by atoms with Crippen LogP contribution in [-0.2, 0) is 13.0 Å². The Morgan fingerprint density at radius 3 is 2.88 bits per heavy atom. The summed E-state index contributed by atoms with van der Waals surface area (Å²) < 4.78 is 2.25. The zero-order chi connectivity index (χ0) is 11.4. The summed E-state index contributed by atoms with van der Waals surface area (Å²) in [5.41, 5.74) is 0. The fourth-order valence-electron chi connectivity index (χ4n) is 2.88. The third-order valence-corrected chi connectivity index (χ3v) is 3.88. The van der Waals surface area contributed by atoms with Crippen LogP contribution in [0.1, 0.15) is 38.4 Å². The van der Waals surface area contributed by atoms with E-state index in [1.165, 1.54) is 31.5 Å². The largest absolute Gasteiger partial charge is 0.335 e. The Labute approximate surface area is 98.3 Å². The molecule has 0 radical (unpaired) electrons. The van der Waals surface area contributed by atoms with Crippen molar-refractivity contribution < 1.29 is 0 Å². The van der Waals surface area contributed by atoms with Crippen LogP contribution in [0.4, 0.5) is 0 Å². The molecule has 3 nitrogen and oxygen atoms in total. The van der Waals surface area contributed by atoms with Gasteiger partial charge in [-0.25, -0.2) is 4.98 Å². The van der Waals surface area contributed by atoms with Crippen LogP contribution in [0.3, 0.4) is 0 Å². The summed E-state index contributed by atoms with van der Waals surface area (Å²) in [6.07, 6.45) is 10.7. The normalized spacial score (nSPS) is 19.1. The summed E-state index contributed by atoms with van der Waals surface area (Å²) in [6.45, 7) is 3.20. The summed E-state index contributed by atoms with van der Waals surface area (Å²) in [4.78, 5) is 4.47. The third-order valence-electron chi connectivity index (χ3n) is 3.88. The number of rotatable bonds is 5. The summed E-state index contributed by atoms with van der Waals surface area (Å²) in [5.74, 6) is 2.08. The number of aromatic nitrogens is 2. The standard InChI is InChI=1S/C13H23N3/c1-3-16-9-8-15-13(16)10-12(14-2)11-6-4-5-7-11/h8-9,11-12,14H,3-7,10H2,1-2H3. The van der Waals surface area contributed by atoms with Crippen molar-refractivity contribution in [3.8, 4) is 0 Å². The first-order chi connectivity index (χ1) is 7.85. The fraction of sp³-hybridized carbons (Fsp3) is 0.769. The van der Waals surface area contributed by atoms with Crippen molar-refractivity contribution in [2.75, 3.05) is 7.05 Å². The van der Waals surface area contributed by atoms with Gasteiger partial charge in [0.25, 0.3) is 0 Å². The third kappa shape index (κ3) is 2.46. The van der Waals surface area contributed by atoms with E-state index >= 15 is 0 Å². The van der Waals surface area contributed by atoms with Gasteiger partial charge in [0.05, 0.1) is 0 Å². The summed E-state index contributed by atoms with van der Waals surface area (Å²) >= 11 is 0. The smallest absolute Gasteiger partial charge is 0.110 e. The van der Waals surface area contributed by atoms with Crippen LogP contribution < -0.4 is 5.32 Å². The molecule has 16 heavy (non-hydrogen) atoms. The molecule has 0 amide bonds. The van der Waals surface area contributed by atoms with Crippen LogP contribution in [0.25, 0.3) is 0 Å². The lowest BCUT2D eigenvalue weighted by Gasteiger charge is -2.22. The lowest BCUT2D eigenvalue weighted by atomic mass is 9.95. The van der Waals surface area contributed by atoms with Crippen molar-refractivity contribution in [1.29, 1.82) is 0 Å². The Balaban J connectivity index is 2.00. The zero-order valence-corrected chi connectivity index (χ0v) is 10.4. The van der Waals surface area contributed by atoms with Gasteiger partial charge in [0.2, 0.25) is 0 Å². The molecule has 1 atom stereocenters. The Hall–Kier alpha value is -0.830. The minimum Gasteiger partial charge on any atom is -0.335 e. The number of nitrogens with zero attached hydrogens (tertiary/aromatic N) is 2. The lowest BCUT2D eigenvalue weighted by Crippen LogP contribution is -2.35. The van der Waals surface area contributed by atoms with Gasteiger partial charge >= 0.3 is 0 Å². The van der Waals surface area contributed by atoms with Gasteiger partial charge in [0, 0.05) is 31.4 Å². The van der Waals surface area contributed by atoms with Crippen molar-refractivity contribution in [3.63, 3.8) is 0 Å². The molecule has 1 heterocycles. The molecular weight excluding hydrogens is 198 g/mol. The zero-order valence-electron chi connectivity index (χ0n) is 10.4. The molecule has 90 valence electrons.